The molecule has 0 aliphatic carbocycles. The van der Waals surface area contributed by atoms with Crippen molar-refractivity contribution in [3.8, 4) is 0 Å². The van der Waals surface area contributed by atoms with Crippen LogP contribution in [-0.2, 0) is 0 Å². The quantitative estimate of drug-likeness (QED) is 0.484. The van der Waals surface area contributed by atoms with E-state index in [4.69, 9.17) is 0 Å². The van der Waals surface area contributed by atoms with E-state index in [1.165, 1.54) is 48.5 Å². The Balaban J connectivity index is 2.12. The molecule has 0 N–H and O–H groups in total. The summed E-state index contributed by atoms with van der Waals surface area (Å²) in [5, 5.41) is 21.0. The zero-order valence-corrected chi connectivity index (χ0v) is 10.5. The summed E-state index contributed by atoms with van der Waals surface area (Å²) in [7, 11) is 0. The van der Waals surface area contributed by atoms with Crippen LogP contribution >= 0.6 is 0 Å². The van der Waals surface area contributed by atoms with Gasteiger partial charge in [0.1, 0.15) is 6.01 Å². The van der Waals surface area contributed by atoms with Crippen LogP contribution in [0, 0.1) is 20.2 Å². The average Bonchev–Trinajstić information content (AvgIpc) is 2.48. The summed E-state index contributed by atoms with van der Waals surface area (Å²) in [6.07, 6.45) is 0. The topological polar surface area (TPSA) is 111 Å². The highest BCUT2D eigenvalue weighted by Crippen LogP contribution is 2.19. The van der Waals surface area contributed by atoms with Crippen LogP contribution in [0.4, 0.5) is 22.7 Å². The second kappa shape index (κ2) is 6.18. The van der Waals surface area contributed by atoms with Gasteiger partial charge in [-0.2, -0.15) is 9.98 Å². The van der Waals surface area contributed by atoms with E-state index in [2.05, 4.69) is 16.0 Å². The first kappa shape index (κ1) is 14.0. The van der Waals surface area contributed by atoms with Gasteiger partial charge in [0, 0.05) is 24.3 Å². The van der Waals surface area contributed by atoms with E-state index in [1.54, 1.807) is 0 Å². The van der Waals surface area contributed by atoms with Crippen LogP contribution in [0.2, 0.25) is 0 Å². The molecule has 0 bridgehead atoms. The van der Waals surface area contributed by atoms with Crippen LogP contribution in [0.25, 0.3) is 0 Å². The minimum absolute atomic E-state index is 0.0266. The number of non-ortho nitro benzene ring substituents is 2. The summed E-state index contributed by atoms with van der Waals surface area (Å²) in [4.78, 5) is 27.7. The lowest BCUT2D eigenvalue weighted by molar-refractivity contribution is -0.385. The van der Waals surface area contributed by atoms with Gasteiger partial charge in [-0.1, -0.05) is 0 Å². The van der Waals surface area contributed by atoms with Crippen molar-refractivity contribution >= 4 is 28.8 Å². The molecule has 104 valence electrons. The molecule has 0 aliphatic heterocycles. The number of nitro benzene ring substituents is 2. The minimum atomic E-state index is -0.502. The summed E-state index contributed by atoms with van der Waals surface area (Å²) in [5.74, 6) is 0. The van der Waals surface area contributed by atoms with Crippen LogP contribution in [-0.4, -0.2) is 15.9 Å². The van der Waals surface area contributed by atoms with E-state index in [0.29, 0.717) is 11.4 Å². The van der Waals surface area contributed by atoms with Gasteiger partial charge in [-0.15, -0.1) is 0 Å². The molecule has 2 rings (SSSR count). The molecule has 0 radical (unpaired) electrons. The van der Waals surface area contributed by atoms with E-state index >= 15 is 0 Å². The Bertz CT molecular complexity index is 670. The van der Waals surface area contributed by atoms with Crippen molar-refractivity contribution in [2.45, 2.75) is 0 Å². The van der Waals surface area contributed by atoms with Crippen molar-refractivity contribution in [2.75, 3.05) is 0 Å². The second-order valence-corrected chi connectivity index (χ2v) is 3.87. The molecule has 21 heavy (non-hydrogen) atoms. The Labute approximate surface area is 118 Å². The molecule has 0 unspecified atom stereocenters. The first-order valence-electron chi connectivity index (χ1n) is 5.71. The zero-order valence-electron chi connectivity index (χ0n) is 10.5. The first-order valence-corrected chi connectivity index (χ1v) is 5.71. The van der Waals surface area contributed by atoms with Gasteiger partial charge in [-0.3, -0.25) is 20.2 Å². The average molecular weight is 284 g/mol. The third-order valence-corrected chi connectivity index (χ3v) is 2.48. The highest BCUT2D eigenvalue weighted by molar-refractivity contribution is 5.59. The molecule has 2 aromatic rings. The third kappa shape index (κ3) is 3.79. The lowest BCUT2D eigenvalue weighted by Gasteiger charge is -1.92. The van der Waals surface area contributed by atoms with Gasteiger partial charge in [0.05, 0.1) is 21.2 Å². The molecule has 2 aromatic carbocycles. The van der Waals surface area contributed by atoms with Crippen LogP contribution in [0.3, 0.4) is 0 Å². The fourth-order valence-electron chi connectivity index (χ4n) is 1.44. The number of nitro groups is 2. The minimum Gasteiger partial charge on any atom is -0.258 e. The molecule has 0 atom stereocenters. The molecule has 0 aromatic heterocycles. The molecule has 0 saturated heterocycles. The third-order valence-electron chi connectivity index (χ3n) is 2.48. The van der Waals surface area contributed by atoms with Gasteiger partial charge < -0.3 is 0 Å². The zero-order chi connectivity index (χ0) is 15.2. The largest absolute Gasteiger partial charge is 0.269 e. The van der Waals surface area contributed by atoms with Crippen LogP contribution in [0.5, 0.6) is 0 Å². The Kier molecular flexibility index (Phi) is 4.13. The smallest absolute Gasteiger partial charge is 0.258 e. The van der Waals surface area contributed by atoms with E-state index < -0.39 is 9.85 Å². The summed E-state index contributed by atoms with van der Waals surface area (Å²) >= 11 is 0. The van der Waals surface area contributed by atoms with Crippen LogP contribution < -0.4 is 0 Å². The maximum absolute atomic E-state index is 10.5. The maximum atomic E-state index is 10.5. The molecule has 0 fully saturated rings. The van der Waals surface area contributed by atoms with Crippen LogP contribution in [0.1, 0.15) is 0 Å². The maximum Gasteiger partial charge on any atom is 0.269 e. The molecule has 0 spiro atoms. The summed E-state index contributed by atoms with van der Waals surface area (Å²) < 4.78 is 0. The highest BCUT2D eigenvalue weighted by atomic mass is 16.6. The molecule has 0 saturated carbocycles. The normalized spacial score (nSPS) is 9.52. The predicted molar refractivity (Wildman–Crippen MR) is 75.4 cm³/mol. The van der Waals surface area contributed by atoms with E-state index in [-0.39, 0.29) is 11.4 Å². The van der Waals surface area contributed by atoms with E-state index in [9.17, 15) is 20.2 Å². The van der Waals surface area contributed by atoms with Crippen LogP contribution in [0.15, 0.2) is 58.5 Å². The monoisotopic (exact) mass is 284 g/mol. The standard InChI is InChI=1S/C13H8N4O4/c18-16(19)12-5-1-10(2-6-12)14-9-15-11-3-7-13(8-4-11)17(20)21/h1-8H. The fourth-order valence-corrected chi connectivity index (χ4v) is 1.44. The van der Waals surface area contributed by atoms with E-state index in [0.717, 1.165) is 0 Å². The van der Waals surface area contributed by atoms with Crippen molar-refractivity contribution in [1.29, 1.82) is 0 Å². The molecular formula is C13H8N4O4. The fraction of sp³-hybridized carbons (Fsp3) is 0. The van der Waals surface area contributed by atoms with E-state index in [1.807, 2.05) is 0 Å². The Morgan fingerprint density at radius 2 is 1.05 bits per heavy atom. The highest BCUT2D eigenvalue weighted by Gasteiger charge is 2.03. The lowest BCUT2D eigenvalue weighted by atomic mass is 10.3. The molecule has 8 heteroatoms. The van der Waals surface area contributed by atoms with Crippen molar-refractivity contribution in [1.82, 2.24) is 0 Å². The summed E-state index contributed by atoms with van der Waals surface area (Å²) in [5.41, 5.74) is 0.875. The van der Waals surface area contributed by atoms with Gasteiger partial charge in [-0.25, -0.2) is 0 Å². The Morgan fingerprint density at radius 1 is 0.714 bits per heavy atom. The van der Waals surface area contributed by atoms with Gasteiger partial charge in [0.25, 0.3) is 11.4 Å². The second-order valence-electron chi connectivity index (χ2n) is 3.87. The number of hydrogen-bond acceptors (Lipinski definition) is 6. The molecule has 0 heterocycles. The first-order chi connectivity index (χ1) is 10.1. The number of nitrogens with zero attached hydrogens (tertiary/aromatic N) is 4. The lowest BCUT2D eigenvalue weighted by Crippen LogP contribution is -1.85. The van der Waals surface area contributed by atoms with Gasteiger partial charge >= 0.3 is 0 Å². The molecular weight excluding hydrogens is 276 g/mol. The number of hydrogen-bond donors (Lipinski definition) is 0. The number of benzene rings is 2. The van der Waals surface area contributed by atoms with Gasteiger partial charge in [0.2, 0.25) is 0 Å². The number of aliphatic imine (C=N–C) groups is 2. The molecule has 0 amide bonds. The summed E-state index contributed by atoms with van der Waals surface area (Å²) in [6, 6.07) is 13.6. The van der Waals surface area contributed by atoms with Crippen molar-refractivity contribution in [2.24, 2.45) is 9.98 Å². The number of rotatable bonds is 4. The van der Waals surface area contributed by atoms with Crippen molar-refractivity contribution < 1.29 is 9.85 Å². The SMILES string of the molecule is O=[N+]([O-])c1ccc(N=C=Nc2ccc([N+](=O)[O-])cc2)cc1. The predicted octanol–water partition coefficient (Wildman–Crippen LogP) is 3.64. The van der Waals surface area contributed by atoms with Crippen molar-refractivity contribution in [3.05, 3.63) is 68.8 Å². The Hall–Kier alpha value is -3.38. The van der Waals surface area contributed by atoms with Gasteiger partial charge in [0.15, 0.2) is 0 Å². The van der Waals surface area contributed by atoms with Crippen molar-refractivity contribution in [3.63, 3.8) is 0 Å². The summed E-state index contributed by atoms with van der Waals surface area (Å²) in [6.45, 7) is 0. The van der Waals surface area contributed by atoms with Gasteiger partial charge in [-0.05, 0) is 24.3 Å². The molecule has 0 aliphatic rings. The Morgan fingerprint density at radius 3 is 1.33 bits per heavy atom. The molecule has 8 nitrogen and oxygen atoms in total.